The molecule has 0 aromatic heterocycles. The molecule has 2 N–H and O–H groups in total. The van der Waals surface area contributed by atoms with E-state index in [1.165, 1.54) is 5.01 Å². The van der Waals surface area contributed by atoms with Crippen LogP contribution in [0.25, 0.3) is 0 Å². The SMILES string of the molecule is CCNCCCS(=O)(=O)NN(C)C. The Hall–Kier alpha value is -0.170. The fourth-order valence-electron chi connectivity index (χ4n) is 0.888. The second-order valence-electron chi connectivity index (χ2n) is 3.01. The lowest BCUT2D eigenvalue weighted by molar-refractivity contribution is 0.363. The zero-order valence-electron chi connectivity index (χ0n) is 8.50. The fourth-order valence-corrected chi connectivity index (χ4v) is 2.06. The van der Waals surface area contributed by atoms with Crippen LogP contribution in [-0.2, 0) is 10.0 Å². The van der Waals surface area contributed by atoms with E-state index in [1.807, 2.05) is 6.92 Å². The maximum Gasteiger partial charge on any atom is 0.224 e. The van der Waals surface area contributed by atoms with Crippen molar-refractivity contribution in [2.24, 2.45) is 0 Å². The first-order chi connectivity index (χ1) is 5.98. The van der Waals surface area contributed by atoms with Gasteiger partial charge in [0.25, 0.3) is 0 Å². The molecule has 0 radical (unpaired) electrons. The molecule has 0 spiro atoms. The van der Waals surface area contributed by atoms with Gasteiger partial charge in [-0.05, 0) is 19.5 Å². The van der Waals surface area contributed by atoms with Gasteiger partial charge in [0.2, 0.25) is 10.0 Å². The average Bonchev–Trinajstić information content (AvgIpc) is 1.95. The first-order valence-electron chi connectivity index (χ1n) is 4.36. The van der Waals surface area contributed by atoms with Crippen LogP contribution in [-0.4, -0.2) is 46.4 Å². The second-order valence-corrected chi connectivity index (χ2v) is 4.83. The average molecular weight is 209 g/mol. The maximum absolute atomic E-state index is 11.2. The minimum Gasteiger partial charge on any atom is -0.317 e. The summed E-state index contributed by atoms with van der Waals surface area (Å²) >= 11 is 0. The zero-order valence-corrected chi connectivity index (χ0v) is 9.32. The smallest absolute Gasteiger partial charge is 0.224 e. The molecule has 0 atom stereocenters. The molecule has 0 aromatic rings. The van der Waals surface area contributed by atoms with Crippen LogP contribution >= 0.6 is 0 Å². The van der Waals surface area contributed by atoms with E-state index in [9.17, 15) is 8.42 Å². The first kappa shape index (κ1) is 12.8. The molecule has 0 fully saturated rings. The van der Waals surface area contributed by atoms with Crippen LogP contribution in [0.4, 0.5) is 0 Å². The van der Waals surface area contributed by atoms with Gasteiger partial charge in [-0.1, -0.05) is 6.92 Å². The van der Waals surface area contributed by atoms with E-state index in [0.717, 1.165) is 13.1 Å². The summed E-state index contributed by atoms with van der Waals surface area (Å²) in [6.45, 7) is 3.61. The molecule has 0 unspecified atom stereocenters. The van der Waals surface area contributed by atoms with Gasteiger partial charge in [0.1, 0.15) is 0 Å². The molecule has 0 saturated carbocycles. The van der Waals surface area contributed by atoms with E-state index in [4.69, 9.17) is 0 Å². The van der Waals surface area contributed by atoms with E-state index in [0.29, 0.717) is 6.42 Å². The van der Waals surface area contributed by atoms with Crippen molar-refractivity contribution in [3.63, 3.8) is 0 Å². The second kappa shape index (κ2) is 6.31. The van der Waals surface area contributed by atoms with Crippen LogP contribution in [0.2, 0.25) is 0 Å². The van der Waals surface area contributed by atoms with E-state index < -0.39 is 10.0 Å². The molecule has 0 aliphatic carbocycles. The van der Waals surface area contributed by atoms with Crippen molar-refractivity contribution in [1.29, 1.82) is 0 Å². The van der Waals surface area contributed by atoms with Crippen LogP contribution in [0.3, 0.4) is 0 Å². The van der Waals surface area contributed by atoms with Crippen LogP contribution in [0.1, 0.15) is 13.3 Å². The summed E-state index contributed by atoms with van der Waals surface area (Å²) in [5.74, 6) is 0.165. The van der Waals surface area contributed by atoms with Gasteiger partial charge in [-0.3, -0.25) is 0 Å². The number of hydrogen-bond donors (Lipinski definition) is 2. The predicted octanol–water partition coefficient (Wildman–Crippen LogP) is -0.618. The lowest BCUT2D eigenvalue weighted by Crippen LogP contribution is -2.38. The molecule has 6 heteroatoms. The van der Waals surface area contributed by atoms with Gasteiger partial charge >= 0.3 is 0 Å². The molecule has 5 nitrogen and oxygen atoms in total. The lowest BCUT2D eigenvalue weighted by Gasteiger charge is -2.12. The topological polar surface area (TPSA) is 61.4 Å². The Kier molecular flexibility index (Phi) is 6.23. The summed E-state index contributed by atoms with van der Waals surface area (Å²) in [4.78, 5) is 2.37. The molecule has 0 rings (SSSR count). The third-order valence-corrected chi connectivity index (χ3v) is 2.81. The van der Waals surface area contributed by atoms with E-state index in [2.05, 4.69) is 10.1 Å². The van der Waals surface area contributed by atoms with Crippen LogP contribution in [0, 0.1) is 0 Å². The van der Waals surface area contributed by atoms with Crippen LogP contribution < -0.4 is 10.1 Å². The monoisotopic (exact) mass is 209 g/mol. The summed E-state index contributed by atoms with van der Waals surface area (Å²) in [6.07, 6.45) is 0.636. The van der Waals surface area contributed by atoms with Crippen molar-refractivity contribution in [1.82, 2.24) is 15.2 Å². The van der Waals surface area contributed by atoms with Crippen LogP contribution in [0.5, 0.6) is 0 Å². The Morgan fingerprint density at radius 3 is 2.38 bits per heavy atom. The number of hydrogen-bond acceptors (Lipinski definition) is 4. The standard InChI is InChI=1S/C7H19N3O2S/c1-4-8-6-5-7-13(11,12)9-10(2)3/h8-9H,4-7H2,1-3H3. The van der Waals surface area contributed by atoms with Gasteiger partial charge in [0.15, 0.2) is 0 Å². The Morgan fingerprint density at radius 2 is 1.92 bits per heavy atom. The molecule has 0 heterocycles. The Labute approximate surface area is 80.5 Å². The molecule has 80 valence electrons. The van der Waals surface area contributed by atoms with Gasteiger partial charge in [0.05, 0.1) is 5.75 Å². The number of hydrazine groups is 1. The third kappa shape index (κ3) is 8.17. The van der Waals surface area contributed by atoms with E-state index in [1.54, 1.807) is 14.1 Å². The van der Waals surface area contributed by atoms with Crippen molar-refractivity contribution in [2.45, 2.75) is 13.3 Å². The minimum absolute atomic E-state index is 0.165. The largest absolute Gasteiger partial charge is 0.317 e. The molecule has 0 amide bonds. The lowest BCUT2D eigenvalue weighted by atomic mass is 10.5. The molecule has 0 aliphatic heterocycles. The maximum atomic E-state index is 11.2. The highest BCUT2D eigenvalue weighted by atomic mass is 32.2. The fraction of sp³-hybridized carbons (Fsp3) is 1.00. The molecular formula is C7H19N3O2S. The number of nitrogens with one attached hydrogen (secondary N) is 2. The van der Waals surface area contributed by atoms with Gasteiger partial charge in [-0.15, -0.1) is 4.83 Å². The predicted molar refractivity (Wildman–Crippen MR) is 53.8 cm³/mol. The van der Waals surface area contributed by atoms with Gasteiger partial charge in [-0.25, -0.2) is 13.4 Å². The minimum atomic E-state index is -3.13. The third-order valence-electron chi connectivity index (χ3n) is 1.34. The summed E-state index contributed by atoms with van der Waals surface area (Å²) in [7, 11) is 0.184. The molecule has 0 saturated heterocycles. The quantitative estimate of drug-likeness (QED) is 0.433. The Bertz CT molecular complexity index is 214. The number of rotatable bonds is 7. The van der Waals surface area contributed by atoms with E-state index >= 15 is 0 Å². The molecule has 13 heavy (non-hydrogen) atoms. The Balaban J connectivity index is 3.64. The van der Waals surface area contributed by atoms with Crippen molar-refractivity contribution in [3.05, 3.63) is 0 Å². The highest BCUT2D eigenvalue weighted by molar-refractivity contribution is 7.89. The molecule has 0 aliphatic rings. The number of sulfonamides is 1. The van der Waals surface area contributed by atoms with Crippen molar-refractivity contribution in [3.8, 4) is 0 Å². The molecule has 0 bridgehead atoms. The van der Waals surface area contributed by atoms with Gasteiger partial charge in [-0.2, -0.15) is 0 Å². The summed E-state index contributed by atoms with van der Waals surface area (Å²) < 4.78 is 22.4. The zero-order chi connectivity index (χ0) is 10.3. The molecule has 0 aromatic carbocycles. The normalized spacial score (nSPS) is 12.3. The summed E-state index contributed by atoms with van der Waals surface area (Å²) in [5.41, 5.74) is 0. The van der Waals surface area contributed by atoms with Gasteiger partial charge in [0, 0.05) is 14.1 Å². The number of nitrogens with zero attached hydrogens (tertiary/aromatic N) is 1. The summed E-state index contributed by atoms with van der Waals surface area (Å²) in [6, 6.07) is 0. The van der Waals surface area contributed by atoms with Crippen molar-refractivity contribution in [2.75, 3.05) is 32.9 Å². The highest BCUT2D eigenvalue weighted by Gasteiger charge is 2.09. The van der Waals surface area contributed by atoms with E-state index in [-0.39, 0.29) is 5.75 Å². The van der Waals surface area contributed by atoms with Crippen molar-refractivity contribution < 1.29 is 8.42 Å². The molecular weight excluding hydrogens is 190 g/mol. The van der Waals surface area contributed by atoms with Crippen molar-refractivity contribution >= 4 is 10.0 Å². The first-order valence-corrected chi connectivity index (χ1v) is 6.01. The van der Waals surface area contributed by atoms with Gasteiger partial charge < -0.3 is 5.32 Å². The summed E-state index contributed by atoms with van der Waals surface area (Å²) in [5, 5.41) is 4.50. The Morgan fingerprint density at radius 1 is 1.31 bits per heavy atom. The van der Waals surface area contributed by atoms with Crippen LogP contribution in [0.15, 0.2) is 0 Å². The highest BCUT2D eigenvalue weighted by Crippen LogP contribution is 1.88.